The predicted octanol–water partition coefficient (Wildman–Crippen LogP) is 3.71. The van der Waals surface area contributed by atoms with E-state index in [1.54, 1.807) is 112 Å². The van der Waals surface area contributed by atoms with Gasteiger partial charge in [-0.15, -0.1) is 11.8 Å². The Bertz CT molecular complexity index is 5810. The lowest BCUT2D eigenvalue weighted by molar-refractivity contribution is -0.151. The van der Waals surface area contributed by atoms with Crippen LogP contribution in [-0.4, -0.2) is 288 Å². The molecule has 42 heteroatoms. The van der Waals surface area contributed by atoms with Gasteiger partial charge in [0.15, 0.2) is 17.5 Å². The van der Waals surface area contributed by atoms with Gasteiger partial charge in [0.2, 0.25) is 88.6 Å². The summed E-state index contributed by atoms with van der Waals surface area (Å²) in [5.41, 5.74) is 8.32. The molecule has 0 spiro atoms. The first-order chi connectivity index (χ1) is 66.9. The van der Waals surface area contributed by atoms with Crippen molar-refractivity contribution in [2.75, 3.05) is 66.4 Å². The number of nitrogens with zero attached hydrogens (tertiary/aromatic N) is 5. The van der Waals surface area contributed by atoms with Gasteiger partial charge in [-0.05, 0) is 119 Å². The Hall–Kier alpha value is -14.9. The number of H-pyrrole nitrogens is 2. The number of hydrogen-bond donors (Lipinski definition) is 16. The SMILES string of the molecule is CCCC[C@H]1C(=O)N(C)CC(=O)N[C@@H](CC(=O)O)C(=O)N[C@@H](C(C)C)C(=O)N(C)[C@@H](Cc2ccccc2)C(=O)N[C@@H](Cc2ccc(O)cc2)C(=O)N(C)[C@H](CCC(=O)O)C(=O)NC[C@@H](Cc2c[nH]c3ccccc23)C(=O)N[C@@H](Cc2ccc(O)cc2)C(=O)N[C@@H](CC(C)C)C(=O)N[C@H](C(=O)NCC(N)=O)CSCC(=O)N[C@@H](Cc2cc(F)c(F)c(F)c2)C(=O)N(C)[C@@H](Cc2c[nH]c3ccccc23)C(=O)N1C. The number of carbonyl (C=O) groups is 17. The number of primary amides is 1. The van der Waals surface area contributed by atoms with Crippen LogP contribution >= 0.6 is 11.8 Å². The lowest BCUT2D eigenvalue weighted by Gasteiger charge is -2.37. The van der Waals surface area contributed by atoms with E-state index >= 15 is 56.7 Å². The summed E-state index contributed by atoms with van der Waals surface area (Å²) in [6.45, 7) is 5.85. The number of phenols is 2. The third-order valence-electron chi connectivity index (χ3n) is 24.4. The van der Waals surface area contributed by atoms with Crippen LogP contribution in [0.2, 0.25) is 0 Å². The molecule has 1 fully saturated rings. The molecular weight excluding hydrogens is 1850 g/mol. The van der Waals surface area contributed by atoms with Gasteiger partial charge in [0.1, 0.15) is 78.0 Å². The van der Waals surface area contributed by atoms with Crippen molar-refractivity contribution in [2.24, 2.45) is 23.5 Å². The van der Waals surface area contributed by atoms with Gasteiger partial charge < -0.3 is 108 Å². The summed E-state index contributed by atoms with van der Waals surface area (Å²) in [6.07, 6.45) is -1.35. The number of aromatic nitrogens is 2. The molecule has 17 N–H and O–H groups in total. The number of likely N-dealkylation sites (N-methyl/N-ethyl adjacent to an activating group) is 5. The Balaban J connectivity index is 1.15. The van der Waals surface area contributed by atoms with Gasteiger partial charge >= 0.3 is 11.9 Å². The number of phenolic OH excluding ortho intramolecular Hbond substituents is 2. The number of aliphatic carboxylic acids is 2. The van der Waals surface area contributed by atoms with Gasteiger partial charge in [0.25, 0.3) is 0 Å². The van der Waals surface area contributed by atoms with E-state index < -0.39 is 265 Å². The van der Waals surface area contributed by atoms with Gasteiger partial charge in [-0.25, -0.2) is 13.2 Å². The van der Waals surface area contributed by atoms with Gasteiger partial charge in [0.05, 0.1) is 31.2 Å². The number of aromatic hydroxyl groups is 2. The highest BCUT2D eigenvalue weighted by molar-refractivity contribution is 8.00. The molecule has 8 aromatic rings. The van der Waals surface area contributed by atoms with Gasteiger partial charge in [-0.3, -0.25) is 81.5 Å². The van der Waals surface area contributed by atoms with Gasteiger partial charge in [0, 0.05) is 120 Å². The zero-order valence-electron chi connectivity index (χ0n) is 79.8. The Morgan fingerprint density at radius 1 is 0.482 bits per heavy atom. The number of amides is 15. The maximum absolute atomic E-state index is 15.8. The second-order valence-electron chi connectivity index (χ2n) is 35.8. The number of fused-ring (bicyclic) bond motifs is 2. The van der Waals surface area contributed by atoms with Crippen LogP contribution in [0.3, 0.4) is 0 Å². The molecule has 0 bridgehead atoms. The predicted molar refractivity (Wildman–Crippen MR) is 514 cm³/mol. The molecule has 1 aliphatic heterocycles. The van der Waals surface area contributed by atoms with Crippen LogP contribution in [0.25, 0.3) is 21.8 Å². The molecule has 1 aliphatic rings. The number of nitrogens with one attached hydrogen (secondary N) is 11. The van der Waals surface area contributed by atoms with Crippen LogP contribution in [0.5, 0.6) is 11.5 Å². The lowest BCUT2D eigenvalue weighted by Crippen LogP contribution is -2.61. The molecule has 9 rings (SSSR count). The number of halogens is 3. The van der Waals surface area contributed by atoms with Crippen molar-refractivity contribution in [3.05, 3.63) is 203 Å². The van der Waals surface area contributed by atoms with Crippen LogP contribution in [0.15, 0.2) is 152 Å². The molecule has 756 valence electrons. The standard InChI is InChI=1S/C99H122F3N17O21S/c1-11-12-26-78-97(138)115(6)51-82(123)108-73(46-85(127)128)92(133)114-87(55(4)5)99(140)118(9)79(43-56-20-14-13-15-21-56)94(135)112-75(41-58-29-33-64(121)34-30-58)96(137)116(7)77(35-36-84(125)126)93(134)106-49-62(44-60-47-104-69-24-18-16-22-65(60)69)88(129)110-72(40-57-27-31-63(120)32-28-57)91(132)111-71(37-54(2)3)90(131)113-76(89(130)107-50-81(103)122)52-141-53-83(124)109-74(42-59-38-67(100)86(102)68(101)39-59)95(136)119(10)80(98(139)117(78)8)45-61-48-105-70-25-19-17-23-66(61)70/h13-25,27-34,38-39,47-48,54-55,62,71-80,87,104-105,120-121H,11-12,26,35-37,40-46,49-53H2,1-10H3,(H2,103,122)(H,106,134)(H,107,130)(H,108,123)(H,109,124)(H,110,129)(H,111,132)(H,112,135)(H,113,131)(H,114,133)(H,125,126)(H,127,128)/t62-,71+,72+,73+,74+,75+,76+,77-,78+,79+,80+,87+/m1/s1. The molecule has 3 heterocycles. The van der Waals surface area contributed by atoms with E-state index in [4.69, 9.17) is 5.73 Å². The molecular formula is C99H122F3N17O21S. The fourth-order valence-electron chi connectivity index (χ4n) is 16.5. The highest BCUT2D eigenvalue weighted by Crippen LogP contribution is 2.28. The first-order valence-corrected chi connectivity index (χ1v) is 47.2. The number of unbranched alkanes of at least 4 members (excludes halogenated alkanes) is 1. The van der Waals surface area contributed by atoms with Crippen molar-refractivity contribution in [3.63, 3.8) is 0 Å². The Labute approximate surface area is 816 Å². The third kappa shape index (κ3) is 31.3. The largest absolute Gasteiger partial charge is 0.508 e. The second-order valence-corrected chi connectivity index (χ2v) is 36.9. The number of hydrogen-bond acceptors (Lipinski definition) is 20. The second kappa shape index (κ2) is 51.7. The first-order valence-electron chi connectivity index (χ1n) is 46.0. The molecule has 0 aliphatic carbocycles. The number of carboxylic acid groups (broad SMARTS) is 2. The molecule has 0 radical (unpaired) electrons. The third-order valence-corrected chi connectivity index (χ3v) is 25.4. The first kappa shape index (κ1) is 110. The average molecular weight is 1980 g/mol. The number of carbonyl (C=O) groups excluding carboxylic acids is 15. The Morgan fingerprint density at radius 2 is 0.979 bits per heavy atom. The zero-order chi connectivity index (χ0) is 103. The summed E-state index contributed by atoms with van der Waals surface area (Å²) in [4.78, 5) is 261. The molecule has 0 saturated carbocycles. The fraction of sp³-hybridized carbons (Fsp3) is 0.424. The van der Waals surface area contributed by atoms with Crippen molar-refractivity contribution < 1.29 is 115 Å². The number of nitrogens with two attached hydrogens (primary N) is 1. The summed E-state index contributed by atoms with van der Waals surface area (Å²) in [5, 5.41) is 66.0. The number of carboxylic acids is 2. The smallest absolute Gasteiger partial charge is 0.305 e. The topological polar surface area (TPSA) is 553 Å². The minimum Gasteiger partial charge on any atom is -0.508 e. The summed E-state index contributed by atoms with van der Waals surface area (Å²) in [5.74, 6) is -28.1. The Morgan fingerprint density at radius 3 is 1.54 bits per heavy atom. The quantitative estimate of drug-likeness (QED) is 0.0344. The van der Waals surface area contributed by atoms with E-state index in [-0.39, 0.29) is 62.0 Å². The molecule has 2 aromatic heterocycles. The van der Waals surface area contributed by atoms with E-state index in [9.17, 15) is 58.4 Å². The number of aromatic amines is 2. The zero-order valence-corrected chi connectivity index (χ0v) is 80.6. The van der Waals surface area contributed by atoms with Crippen LogP contribution in [0.4, 0.5) is 13.2 Å². The van der Waals surface area contributed by atoms with Crippen molar-refractivity contribution in [2.45, 2.75) is 185 Å². The van der Waals surface area contributed by atoms with E-state index in [0.717, 1.165) is 24.5 Å². The fourth-order valence-corrected chi connectivity index (χ4v) is 17.4. The normalized spacial score (nSPS) is 21.7. The van der Waals surface area contributed by atoms with Crippen LogP contribution in [-0.2, 0) is 120 Å². The molecule has 6 aromatic carbocycles. The van der Waals surface area contributed by atoms with E-state index in [1.165, 1.54) is 97.6 Å². The molecule has 0 unspecified atom stereocenters. The minimum atomic E-state index is -2.00. The van der Waals surface area contributed by atoms with Crippen LogP contribution < -0.4 is 53.6 Å². The number of thioether (sulfide) groups is 1. The van der Waals surface area contributed by atoms with E-state index in [1.807, 2.05) is 0 Å². The number of rotatable bonds is 26. The summed E-state index contributed by atoms with van der Waals surface area (Å²) in [7, 11) is 5.99. The highest BCUT2D eigenvalue weighted by atomic mass is 32.2. The molecule has 15 amide bonds. The number of para-hydroxylation sites is 2. The van der Waals surface area contributed by atoms with E-state index in [2.05, 4.69) is 57.8 Å². The molecule has 141 heavy (non-hydrogen) atoms. The van der Waals surface area contributed by atoms with E-state index in [0.29, 0.717) is 79.9 Å². The highest BCUT2D eigenvalue weighted by Gasteiger charge is 2.44. The average Bonchev–Trinajstić information content (AvgIpc) is 1.76. The van der Waals surface area contributed by atoms with Crippen molar-refractivity contribution in [1.29, 1.82) is 0 Å². The van der Waals surface area contributed by atoms with Crippen molar-refractivity contribution in [3.8, 4) is 11.5 Å². The summed E-state index contributed by atoms with van der Waals surface area (Å²) in [6, 6.07) is 15.4. The van der Waals surface area contributed by atoms with Crippen molar-refractivity contribution >= 4 is 134 Å². The summed E-state index contributed by atoms with van der Waals surface area (Å²) < 4.78 is 45.3. The van der Waals surface area contributed by atoms with Crippen LogP contribution in [0, 0.1) is 35.2 Å². The number of benzene rings is 6. The summed E-state index contributed by atoms with van der Waals surface area (Å²) >= 11 is 0.653. The maximum atomic E-state index is 15.8. The maximum Gasteiger partial charge on any atom is 0.305 e. The minimum absolute atomic E-state index is 0.103. The molecule has 1 saturated heterocycles. The van der Waals surface area contributed by atoms with Crippen LogP contribution in [0.1, 0.15) is 113 Å². The molecule has 12 atom stereocenters. The molecule has 38 nitrogen and oxygen atoms in total. The Kier molecular flexibility index (Phi) is 40.2. The van der Waals surface area contributed by atoms with Gasteiger partial charge in [-0.2, -0.15) is 0 Å². The van der Waals surface area contributed by atoms with Gasteiger partial charge in [-0.1, -0.05) is 138 Å². The monoisotopic (exact) mass is 1970 g/mol. The van der Waals surface area contributed by atoms with Crippen molar-refractivity contribution in [1.82, 2.24) is 82.3 Å². The lowest BCUT2D eigenvalue weighted by atomic mass is 9.96.